The van der Waals surface area contributed by atoms with Crippen LogP contribution in [-0.4, -0.2) is 40.9 Å². The summed E-state index contributed by atoms with van der Waals surface area (Å²) >= 11 is 0. The van der Waals surface area contributed by atoms with E-state index >= 15 is 0 Å². The number of esters is 1. The number of nitrogens with zero attached hydrogens (tertiary/aromatic N) is 1. The first-order chi connectivity index (χ1) is 19.7. The number of benzene rings is 3. The van der Waals surface area contributed by atoms with Crippen LogP contribution < -0.4 is 4.74 Å². The fourth-order valence-electron chi connectivity index (χ4n) is 5.74. The van der Waals surface area contributed by atoms with E-state index in [9.17, 15) is 14.0 Å². The van der Waals surface area contributed by atoms with E-state index in [1.807, 2.05) is 52.8 Å². The van der Waals surface area contributed by atoms with Gasteiger partial charge in [0.1, 0.15) is 17.2 Å². The highest BCUT2D eigenvalue weighted by molar-refractivity contribution is 5.98. The van der Waals surface area contributed by atoms with E-state index in [0.717, 1.165) is 37.1 Å². The molecule has 0 N–H and O–H groups in total. The SMILES string of the molecule is Cc1cc(CC[C@H]2CN(Cc3ccccc3)C[C@@H]2C(=O)c2ccc(F)cc2)cc(C)c1OC(C)(C)C(=O)OC(C)(C)C. The number of hydrogen-bond donors (Lipinski definition) is 0. The van der Waals surface area contributed by atoms with Crippen LogP contribution in [0.15, 0.2) is 66.7 Å². The zero-order valence-electron chi connectivity index (χ0n) is 26.0. The lowest BCUT2D eigenvalue weighted by atomic mass is 9.84. The molecule has 0 amide bonds. The Morgan fingerprint density at radius 2 is 1.50 bits per heavy atom. The molecule has 5 nitrogen and oxygen atoms in total. The Bertz CT molecular complexity index is 1370. The number of Topliss-reactive ketones (excluding diaryl/α,β-unsaturated/α-hetero) is 1. The number of likely N-dealkylation sites (tertiary alicyclic amines) is 1. The normalized spacial score (nSPS) is 17.7. The van der Waals surface area contributed by atoms with Gasteiger partial charge >= 0.3 is 5.97 Å². The summed E-state index contributed by atoms with van der Waals surface area (Å²) < 4.78 is 25.4. The molecule has 1 saturated heterocycles. The Morgan fingerprint density at radius 3 is 2.10 bits per heavy atom. The van der Waals surface area contributed by atoms with Crippen LogP contribution in [-0.2, 0) is 22.5 Å². The Kier molecular flexibility index (Phi) is 9.56. The number of ketones is 1. The van der Waals surface area contributed by atoms with Crippen molar-refractivity contribution in [2.75, 3.05) is 13.1 Å². The molecule has 0 bridgehead atoms. The highest BCUT2D eigenvalue weighted by Crippen LogP contribution is 2.34. The minimum Gasteiger partial charge on any atom is -0.476 e. The summed E-state index contributed by atoms with van der Waals surface area (Å²) in [6, 6.07) is 20.5. The molecule has 0 radical (unpaired) electrons. The van der Waals surface area contributed by atoms with Gasteiger partial charge in [0.05, 0.1) is 0 Å². The van der Waals surface area contributed by atoms with Crippen molar-refractivity contribution in [1.29, 1.82) is 0 Å². The summed E-state index contributed by atoms with van der Waals surface area (Å²) in [5, 5.41) is 0. The van der Waals surface area contributed by atoms with Crippen molar-refractivity contribution in [3.8, 4) is 5.75 Å². The van der Waals surface area contributed by atoms with Crippen molar-refractivity contribution in [3.63, 3.8) is 0 Å². The first kappa shape index (κ1) is 31.4. The van der Waals surface area contributed by atoms with E-state index in [2.05, 4.69) is 29.2 Å². The fraction of sp³-hybridized carbons (Fsp3) is 0.444. The monoisotopic (exact) mass is 573 g/mol. The van der Waals surface area contributed by atoms with Gasteiger partial charge < -0.3 is 9.47 Å². The molecule has 0 spiro atoms. The first-order valence-corrected chi connectivity index (χ1v) is 14.8. The van der Waals surface area contributed by atoms with Gasteiger partial charge in [-0.2, -0.15) is 0 Å². The molecule has 6 heteroatoms. The largest absolute Gasteiger partial charge is 0.476 e. The van der Waals surface area contributed by atoms with Gasteiger partial charge in [0, 0.05) is 31.1 Å². The van der Waals surface area contributed by atoms with Gasteiger partial charge in [-0.1, -0.05) is 42.5 Å². The molecule has 1 fully saturated rings. The highest BCUT2D eigenvalue weighted by Gasteiger charge is 2.38. The molecule has 2 atom stereocenters. The molecule has 42 heavy (non-hydrogen) atoms. The fourth-order valence-corrected chi connectivity index (χ4v) is 5.74. The summed E-state index contributed by atoms with van der Waals surface area (Å²) in [6.45, 7) is 15.3. The smallest absolute Gasteiger partial charge is 0.350 e. The number of rotatable bonds is 10. The number of hydrogen-bond acceptors (Lipinski definition) is 5. The molecular formula is C36H44FNO4. The lowest BCUT2D eigenvalue weighted by Crippen LogP contribution is -2.43. The Balaban J connectivity index is 1.48. The maximum absolute atomic E-state index is 13.6. The molecule has 0 aliphatic carbocycles. The molecule has 224 valence electrons. The van der Waals surface area contributed by atoms with Crippen molar-refractivity contribution < 1.29 is 23.5 Å². The van der Waals surface area contributed by atoms with Crippen LogP contribution in [0.25, 0.3) is 0 Å². The average Bonchev–Trinajstić information content (AvgIpc) is 3.31. The number of carbonyl (C=O) groups is 2. The quantitative estimate of drug-likeness (QED) is 0.186. The van der Waals surface area contributed by atoms with Crippen LogP contribution in [0, 0.1) is 31.5 Å². The Hall–Kier alpha value is -3.51. The van der Waals surface area contributed by atoms with Crippen molar-refractivity contribution in [3.05, 3.63) is 100 Å². The van der Waals surface area contributed by atoms with Crippen LogP contribution in [0.2, 0.25) is 0 Å². The summed E-state index contributed by atoms with van der Waals surface area (Å²) in [7, 11) is 0. The third kappa shape index (κ3) is 8.07. The molecule has 0 aromatic heterocycles. The third-order valence-corrected chi connectivity index (χ3v) is 7.80. The zero-order valence-corrected chi connectivity index (χ0v) is 26.0. The molecule has 0 unspecified atom stereocenters. The van der Waals surface area contributed by atoms with Crippen LogP contribution in [0.5, 0.6) is 5.75 Å². The molecule has 3 aromatic carbocycles. The number of carbonyl (C=O) groups excluding carboxylic acids is 2. The van der Waals surface area contributed by atoms with Crippen LogP contribution in [0.1, 0.15) is 73.7 Å². The number of ether oxygens (including phenoxy) is 2. The molecule has 0 saturated carbocycles. The van der Waals surface area contributed by atoms with Gasteiger partial charge in [0.25, 0.3) is 0 Å². The molecule has 1 aliphatic rings. The van der Waals surface area contributed by atoms with Crippen LogP contribution in [0.3, 0.4) is 0 Å². The topological polar surface area (TPSA) is 55.8 Å². The number of aryl methyl sites for hydroxylation is 3. The van der Waals surface area contributed by atoms with E-state index in [1.54, 1.807) is 26.0 Å². The second kappa shape index (κ2) is 12.8. The van der Waals surface area contributed by atoms with E-state index in [0.29, 0.717) is 17.9 Å². The average molecular weight is 574 g/mol. The zero-order chi connectivity index (χ0) is 30.7. The molecule has 1 aliphatic heterocycles. The van der Waals surface area contributed by atoms with Crippen LogP contribution >= 0.6 is 0 Å². The Labute approximate surface area is 250 Å². The van der Waals surface area contributed by atoms with Gasteiger partial charge in [0.2, 0.25) is 0 Å². The van der Waals surface area contributed by atoms with Gasteiger partial charge in [-0.25, -0.2) is 9.18 Å². The van der Waals surface area contributed by atoms with Gasteiger partial charge in [0.15, 0.2) is 11.4 Å². The van der Waals surface area contributed by atoms with Crippen LogP contribution in [0.4, 0.5) is 4.39 Å². The van der Waals surface area contributed by atoms with E-state index < -0.39 is 17.2 Å². The van der Waals surface area contributed by atoms with E-state index in [4.69, 9.17) is 9.47 Å². The lowest BCUT2D eigenvalue weighted by molar-refractivity contribution is -0.171. The highest BCUT2D eigenvalue weighted by atomic mass is 19.1. The molecule has 1 heterocycles. The van der Waals surface area contributed by atoms with E-state index in [-0.39, 0.29) is 23.4 Å². The van der Waals surface area contributed by atoms with Gasteiger partial charge in [-0.15, -0.1) is 0 Å². The molecule has 4 rings (SSSR count). The minimum absolute atomic E-state index is 0.0797. The molecule has 3 aromatic rings. The van der Waals surface area contributed by atoms with Crippen molar-refractivity contribution in [2.45, 2.75) is 79.1 Å². The first-order valence-electron chi connectivity index (χ1n) is 14.8. The van der Waals surface area contributed by atoms with Crippen molar-refractivity contribution >= 4 is 11.8 Å². The summed E-state index contributed by atoms with van der Waals surface area (Å²) in [5.74, 6) is 0.0429. The maximum Gasteiger partial charge on any atom is 0.350 e. The summed E-state index contributed by atoms with van der Waals surface area (Å²) in [6.07, 6.45) is 1.67. The summed E-state index contributed by atoms with van der Waals surface area (Å²) in [4.78, 5) is 28.7. The lowest BCUT2D eigenvalue weighted by Gasteiger charge is -2.30. The minimum atomic E-state index is -1.13. The van der Waals surface area contributed by atoms with Crippen molar-refractivity contribution in [1.82, 2.24) is 4.90 Å². The van der Waals surface area contributed by atoms with Crippen molar-refractivity contribution in [2.24, 2.45) is 11.8 Å². The Morgan fingerprint density at radius 1 is 0.881 bits per heavy atom. The molecular weight excluding hydrogens is 529 g/mol. The van der Waals surface area contributed by atoms with E-state index in [1.165, 1.54) is 23.3 Å². The third-order valence-electron chi connectivity index (χ3n) is 7.80. The second-order valence-electron chi connectivity index (χ2n) is 13.1. The predicted octanol–water partition coefficient (Wildman–Crippen LogP) is 7.51. The predicted molar refractivity (Wildman–Crippen MR) is 164 cm³/mol. The standard InChI is InChI=1S/C36H44FNO4/c1-24-19-27(20-25(2)33(24)41-36(6,7)34(40)42-35(3,4)5)13-14-29-22-38(21-26-11-9-8-10-12-26)23-31(29)32(39)28-15-17-30(37)18-16-28/h8-12,15-20,29,31H,13-14,21-23H2,1-7H3/t29-,31-/m0/s1. The second-order valence-corrected chi connectivity index (χ2v) is 13.1. The van der Waals surface area contributed by atoms with Gasteiger partial charge in [-0.3, -0.25) is 9.69 Å². The number of halogens is 1. The van der Waals surface area contributed by atoms with Gasteiger partial charge in [-0.05, 0) is 114 Å². The summed E-state index contributed by atoms with van der Waals surface area (Å²) in [5.41, 5.74) is 3.14. The maximum atomic E-state index is 13.6.